The summed E-state index contributed by atoms with van der Waals surface area (Å²) in [6, 6.07) is 5.60. The SMILES string of the molecule is C[C@H]1CN(C(=O)Cc2cc(Cl)cc(Cl)c2)CCN1. The molecular formula is C13H16Cl2N2O. The van der Waals surface area contributed by atoms with Crippen LogP contribution in [0.25, 0.3) is 0 Å². The molecule has 0 aromatic heterocycles. The molecule has 0 radical (unpaired) electrons. The minimum atomic E-state index is 0.127. The summed E-state index contributed by atoms with van der Waals surface area (Å²) in [5.74, 6) is 0.127. The van der Waals surface area contributed by atoms with Crippen LogP contribution in [-0.4, -0.2) is 36.5 Å². The Hall–Kier alpha value is -0.770. The van der Waals surface area contributed by atoms with Crippen LogP contribution in [0.15, 0.2) is 18.2 Å². The molecule has 18 heavy (non-hydrogen) atoms. The van der Waals surface area contributed by atoms with Gasteiger partial charge in [-0.1, -0.05) is 23.2 Å². The fourth-order valence-electron chi connectivity index (χ4n) is 2.16. The first-order valence-corrected chi connectivity index (χ1v) is 6.76. The largest absolute Gasteiger partial charge is 0.340 e. The van der Waals surface area contributed by atoms with Crippen LogP contribution in [-0.2, 0) is 11.2 Å². The summed E-state index contributed by atoms with van der Waals surface area (Å²) in [5.41, 5.74) is 0.865. The molecule has 1 saturated heterocycles. The standard InChI is InChI=1S/C13H16Cl2N2O/c1-9-8-17(3-2-16-9)13(18)6-10-4-11(14)7-12(15)5-10/h4-5,7,9,16H,2-3,6,8H2,1H3/t9-/m0/s1. The summed E-state index contributed by atoms with van der Waals surface area (Å²) in [6.45, 7) is 4.45. The molecule has 1 atom stereocenters. The highest BCUT2D eigenvalue weighted by Gasteiger charge is 2.20. The van der Waals surface area contributed by atoms with Gasteiger partial charge in [0.25, 0.3) is 0 Å². The Bertz CT molecular complexity index is 430. The monoisotopic (exact) mass is 286 g/mol. The minimum absolute atomic E-state index is 0.127. The summed E-state index contributed by atoms with van der Waals surface area (Å²) in [6.07, 6.45) is 0.354. The maximum absolute atomic E-state index is 12.1. The lowest BCUT2D eigenvalue weighted by Gasteiger charge is -2.32. The molecule has 1 aromatic rings. The van der Waals surface area contributed by atoms with Crippen LogP contribution in [0.3, 0.4) is 0 Å². The van der Waals surface area contributed by atoms with Crippen molar-refractivity contribution in [1.82, 2.24) is 10.2 Å². The quantitative estimate of drug-likeness (QED) is 0.905. The van der Waals surface area contributed by atoms with E-state index in [2.05, 4.69) is 12.2 Å². The van der Waals surface area contributed by atoms with Gasteiger partial charge in [0.2, 0.25) is 5.91 Å². The fraction of sp³-hybridized carbons (Fsp3) is 0.462. The van der Waals surface area contributed by atoms with Crippen LogP contribution in [0.1, 0.15) is 12.5 Å². The zero-order chi connectivity index (χ0) is 13.1. The highest BCUT2D eigenvalue weighted by Crippen LogP contribution is 2.20. The van der Waals surface area contributed by atoms with Gasteiger partial charge >= 0.3 is 0 Å². The van der Waals surface area contributed by atoms with E-state index in [-0.39, 0.29) is 5.91 Å². The van der Waals surface area contributed by atoms with Crippen molar-refractivity contribution in [3.05, 3.63) is 33.8 Å². The number of amides is 1. The van der Waals surface area contributed by atoms with E-state index in [0.29, 0.717) is 22.5 Å². The van der Waals surface area contributed by atoms with Gasteiger partial charge in [-0.25, -0.2) is 0 Å². The lowest BCUT2D eigenvalue weighted by Crippen LogP contribution is -2.51. The van der Waals surface area contributed by atoms with Crippen LogP contribution in [0.4, 0.5) is 0 Å². The number of rotatable bonds is 2. The van der Waals surface area contributed by atoms with E-state index in [4.69, 9.17) is 23.2 Å². The smallest absolute Gasteiger partial charge is 0.227 e. The van der Waals surface area contributed by atoms with E-state index in [1.165, 1.54) is 0 Å². The van der Waals surface area contributed by atoms with Crippen molar-refractivity contribution in [3.63, 3.8) is 0 Å². The van der Waals surface area contributed by atoms with Crippen LogP contribution in [0, 0.1) is 0 Å². The molecule has 0 saturated carbocycles. The summed E-state index contributed by atoms with van der Waals surface area (Å²) in [4.78, 5) is 14.0. The molecule has 1 amide bonds. The second-order valence-corrected chi connectivity index (χ2v) is 5.52. The average Bonchev–Trinajstić information content (AvgIpc) is 2.27. The molecule has 3 nitrogen and oxygen atoms in total. The van der Waals surface area contributed by atoms with E-state index in [1.54, 1.807) is 18.2 Å². The number of nitrogens with one attached hydrogen (secondary N) is 1. The average molecular weight is 287 g/mol. The Labute approximate surface area is 117 Å². The lowest BCUT2D eigenvalue weighted by molar-refractivity contribution is -0.131. The predicted molar refractivity (Wildman–Crippen MR) is 74.2 cm³/mol. The number of nitrogens with zero attached hydrogens (tertiary/aromatic N) is 1. The molecular weight excluding hydrogens is 271 g/mol. The zero-order valence-corrected chi connectivity index (χ0v) is 11.8. The highest BCUT2D eigenvalue weighted by molar-refractivity contribution is 6.34. The second kappa shape index (κ2) is 5.91. The Morgan fingerprint density at radius 1 is 1.39 bits per heavy atom. The number of halogens is 2. The van der Waals surface area contributed by atoms with E-state index >= 15 is 0 Å². The van der Waals surface area contributed by atoms with Crippen molar-refractivity contribution in [3.8, 4) is 0 Å². The maximum atomic E-state index is 12.1. The normalized spacial score (nSPS) is 19.9. The lowest BCUT2D eigenvalue weighted by atomic mass is 10.1. The van der Waals surface area contributed by atoms with E-state index in [0.717, 1.165) is 25.2 Å². The molecule has 1 aliphatic rings. The van der Waals surface area contributed by atoms with Gasteiger partial charge < -0.3 is 10.2 Å². The van der Waals surface area contributed by atoms with Crippen molar-refractivity contribution in [1.29, 1.82) is 0 Å². The minimum Gasteiger partial charge on any atom is -0.340 e. The van der Waals surface area contributed by atoms with Gasteiger partial charge in [0.15, 0.2) is 0 Å². The van der Waals surface area contributed by atoms with Gasteiger partial charge in [0.1, 0.15) is 0 Å². The molecule has 5 heteroatoms. The highest BCUT2D eigenvalue weighted by atomic mass is 35.5. The first kappa shape index (κ1) is 13.7. The Morgan fingerprint density at radius 2 is 2.06 bits per heavy atom. The predicted octanol–water partition coefficient (Wildman–Crippen LogP) is 2.36. The number of carbonyl (C=O) groups is 1. The number of hydrogen-bond acceptors (Lipinski definition) is 2. The van der Waals surface area contributed by atoms with Crippen molar-refractivity contribution >= 4 is 29.1 Å². The van der Waals surface area contributed by atoms with Crippen LogP contribution < -0.4 is 5.32 Å². The molecule has 1 aliphatic heterocycles. The maximum Gasteiger partial charge on any atom is 0.227 e. The topological polar surface area (TPSA) is 32.3 Å². The van der Waals surface area contributed by atoms with Gasteiger partial charge in [-0.15, -0.1) is 0 Å². The van der Waals surface area contributed by atoms with Gasteiger partial charge in [0, 0.05) is 35.7 Å². The van der Waals surface area contributed by atoms with Crippen LogP contribution >= 0.6 is 23.2 Å². The van der Waals surface area contributed by atoms with E-state index in [1.807, 2.05) is 4.90 Å². The molecule has 1 aromatic carbocycles. The molecule has 2 rings (SSSR count). The van der Waals surface area contributed by atoms with Crippen molar-refractivity contribution in [2.24, 2.45) is 0 Å². The van der Waals surface area contributed by atoms with Crippen molar-refractivity contribution in [2.45, 2.75) is 19.4 Å². The first-order valence-electron chi connectivity index (χ1n) is 6.01. The zero-order valence-electron chi connectivity index (χ0n) is 10.2. The van der Waals surface area contributed by atoms with Crippen LogP contribution in [0.5, 0.6) is 0 Å². The Kier molecular flexibility index (Phi) is 4.49. The van der Waals surface area contributed by atoms with Crippen LogP contribution in [0.2, 0.25) is 10.0 Å². The third-order valence-electron chi connectivity index (χ3n) is 3.00. The fourth-order valence-corrected chi connectivity index (χ4v) is 2.73. The summed E-state index contributed by atoms with van der Waals surface area (Å²) in [5, 5.41) is 4.45. The molecule has 98 valence electrons. The molecule has 1 N–H and O–H groups in total. The summed E-state index contributed by atoms with van der Waals surface area (Å²) >= 11 is 11.8. The number of benzene rings is 1. The first-order chi connectivity index (χ1) is 8.54. The third-order valence-corrected chi connectivity index (χ3v) is 3.44. The molecule has 0 spiro atoms. The summed E-state index contributed by atoms with van der Waals surface area (Å²) in [7, 11) is 0. The Morgan fingerprint density at radius 3 is 2.67 bits per heavy atom. The van der Waals surface area contributed by atoms with Gasteiger partial charge in [-0.05, 0) is 30.7 Å². The molecule has 0 aliphatic carbocycles. The van der Waals surface area contributed by atoms with Crippen molar-refractivity contribution < 1.29 is 4.79 Å². The number of piperazine rings is 1. The van der Waals surface area contributed by atoms with Crippen molar-refractivity contribution in [2.75, 3.05) is 19.6 Å². The third kappa shape index (κ3) is 3.61. The molecule has 0 bridgehead atoms. The Balaban J connectivity index is 2.02. The van der Waals surface area contributed by atoms with Gasteiger partial charge in [-0.2, -0.15) is 0 Å². The van der Waals surface area contributed by atoms with E-state index < -0.39 is 0 Å². The number of carbonyl (C=O) groups excluding carboxylic acids is 1. The molecule has 1 heterocycles. The van der Waals surface area contributed by atoms with Gasteiger partial charge in [0.05, 0.1) is 6.42 Å². The second-order valence-electron chi connectivity index (χ2n) is 4.65. The summed E-state index contributed by atoms with van der Waals surface area (Å²) < 4.78 is 0. The van der Waals surface area contributed by atoms with E-state index in [9.17, 15) is 4.79 Å². The number of hydrogen-bond donors (Lipinski definition) is 1. The van der Waals surface area contributed by atoms with Gasteiger partial charge in [-0.3, -0.25) is 4.79 Å². The molecule has 0 unspecified atom stereocenters. The molecule has 1 fully saturated rings.